The molecule has 0 radical (unpaired) electrons. The highest BCUT2D eigenvalue weighted by Crippen LogP contribution is 2.34. The molecule has 2 aliphatic heterocycles. The second kappa shape index (κ2) is 10.8. The van der Waals surface area contributed by atoms with Crippen molar-refractivity contribution in [3.63, 3.8) is 0 Å². The number of carbonyl (C=O) groups is 2. The minimum absolute atomic E-state index is 0.0188. The van der Waals surface area contributed by atoms with E-state index in [-0.39, 0.29) is 24.3 Å². The largest absolute Gasteiger partial charge is 0.445 e. The van der Waals surface area contributed by atoms with Crippen LogP contribution in [0.15, 0.2) is 42.5 Å². The lowest BCUT2D eigenvalue weighted by atomic mass is 9.92. The highest BCUT2D eigenvalue weighted by Gasteiger charge is 2.42. The van der Waals surface area contributed by atoms with Gasteiger partial charge in [0.1, 0.15) is 24.1 Å². The van der Waals surface area contributed by atoms with Crippen LogP contribution in [0, 0.1) is 24.1 Å². The molecule has 0 aromatic heterocycles. The molecule has 2 amide bonds. The quantitative estimate of drug-likeness (QED) is 0.601. The number of ether oxygens (including phenoxy) is 2. The van der Waals surface area contributed by atoms with Crippen LogP contribution in [0.3, 0.4) is 0 Å². The average molecular weight is 509 g/mol. The molecule has 2 fully saturated rings. The van der Waals surface area contributed by atoms with Gasteiger partial charge in [0.25, 0.3) is 0 Å². The molecule has 0 N–H and O–H groups in total. The van der Waals surface area contributed by atoms with Gasteiger partial charge >= 0.3 is 12.2 Å². The van der Waals surface area contributed by atoms with Gasteiger partial charge in [-0.05, 0) is 50.5 Å². The SMILES string of the molecule is Cc1c(C2CN3CCN(C(=O)OCc4ccccc4)CC3CN2C(=O)OC(C)(C)C)ccc(F)c1C#N. The van der Waals surface area contributed by atoms with Crippen molar-refractivity contribution in [1.82, 2.24) is 14.7 Å². The molecule has 2 heterocycles. The first-order chi connectivity index (χ1) is 17.6. The number of benzene rings is 2. The minimum atomic E-state index is -0.700. The lowest BCUT2D eigenvalue weighted by Gasteiger charge is -2.50. The van der Waals surface area contributed by atoms with Crippen LogP contribution >= 0.6 is 0 Å². The summed E-state index contributed by atoms with van der Waals surface area (Å²) in [6, 6.07) is 13.8. The third-order valence-electron chi connectivity index (χ3n) is 6.81. The predicted molar refractivity (Wildman–Crippen MR) is 135 cm³/mol. The molecule has 2 atom stereocenters. The number of hydrogen-bond donors (Lipinski definition) is 0. The molecule has 2 unspecified atom stereocenters. The van der Waals surface area contributed by atoms with Crippen molar-refractivity contribution in [2.45, 2.75) is 52.0 Å². The third-order valence-corrected chi connectivity index (χ3v) is 6.81. The van der Waals surface area contributed by atoms with E-state index in [0.29, 0.717) is 43.9 Å². The zero-order valence-corrected chi connectivity index (χ0v) is 21.7. The number of piperazine rings is 2. The second-order valence-electron chi connectivity index (χ2n) is 10.5. The molecular weight excluding hydrogens is 475 g/mol. The van der Waals surface area contributed by atoms with E-state index >= 15 is 0 Å². The van der Waals surface area contributed by atoms with Crippen LogP contribution in [0.4, 0.5) is 14.0 Å². The van der Waals surface area contributed by atoms with Gasteiger partial charge in [0.15, 0.2) is 0 Å². The van der Waals surface area contributed by atoms with Crippen LogP contribution in [0.25, 0.3) is 0 Å². The van der Waals surface area contributed by atoms with E-state index in [1.54, 1.807) is 43.6 Å². The summed E-state index contributed by atoms with van der Waals surface area (Å²) in [5, 5.41) is 9.48. The van der Waals surface area contributed by atoms with Gasteiger partial charge in [0.2, 0.25) is 0 Å². The van der Waals surface area contributed by atoms with E-state index in [1.807, 2.05) is 36.4 Å². The minimum Gasteiger partial charge on any atom is -0.445 e. The predicted octanol–water partition coefficient (Wildman–Crippen LogP) is 4.62. The Morgan fingerprint density at radius 3 is 2.46 bits per heavy atom. The molecule has 2 aromatic carbocycles. The van der Waals surface area contributed by atoms with E-state index in [4.69, 9.17) is 9.47 Å². The van der Waals surface area contributed by atoms with Gasteiger partial charge < -0.3 is 14.4 Å². The normalized spacial score (nSPS) is 20.1. The Bertz CT molecular complexity index is 1190. The Morgan fingerprint density at radius 1 is 1.05 bits per heavy atom. The van der Waals surface area contributed by atoms with Gasteiger partial charge in [-0.1, -0.05) is 36.4 Å². The molecule has 0 aliphatic carbocycles. The Balaban J connectivity index is 1.53. The first-order valence-corrected chi connectivity index (χ1v) is 12.5. The summed E-state index contributed by atoms with van der Waals surface area (Å²) in [7, 11) is 0. The highest BCUT2D eigenvalue weighted by molar-refractivity contribution is 5.70. The monoisotopic (exact) mass is 508 g/mol. The van der Waals surface area contributed by atoms with Gasteiger partial charge in [0, 0.05) is 38.8 Å². The first-order valence-electron chi connectivity index (χ1n) is 12.5. The fourth-order valence-corrected chi connectivity index (χ4v) is 4.94. The molecule has 2 aromatic rings. The maximum Gasteiger partial charge on any atom is 0.410 e. The zero-order chi connectivity index (χ0) is 26.7. The maximum atomic E-state index is 14.2. The van der Waals surface area contributed by atoms with Crippen LogP contribution in [-0.2, 0) is 16.1 Å². The average Bonchev–Trinajstić information content (AvgIpc) is 2.86. The van der Waals surface area contributed by atoms with Gasteiger partial charge in [-0.3, -0.25) is 9.80 Å². The first kappa shape index (κ1) is 26.4. The third kappa shape index (κ3) is 6.03. The summed E-state index contributed by atoms with van der Waals surface area (Å²) in [5.74, 6) is -0.580. The molecule has 2 saturated heterocycles. The summed E-state index contributed by atoms with van der Waals surface area (Å²) in [4.78, 5) is 31.7. The number of rotatable bonds is 3. The summed E-state index contributed by atoms with van der Waals surface area (Å²) in [6.07, 6.45) is -0.870. The number of carbonyl (C=O) groups excluding carboxylic acids is 2. The Labute approximate surface area is 217 Å². The van der Waals surface area contributed by atoms with Crippen molar-refractivity contribution in [2.24, 2.45) is 0 Å². The number of hydrogen-bond acceptors (Lipinski definition) is 6. The van der Waals surface area contributed by atoms with E-state index < -0.39 is 23.6 Å². The second-order valence-corrected chi connectivity index (χ2v) is 10.5. The highest BCUT2D eigenvalue weighted by atomic mass is 19.1. The number of nitriles is 1. The maximum absolute atomic E-state index is 14.2. The van der Waals surface area contributed by atoms with E-state index in [2.05, 4.69) is 4.90 Å². The number of nitrogens with zero attached hydrogens (tertiary/aromatic N) is 4. The van der Waals surface area contributed by atoms with Crippen LogP contribution in [0.2, 0.25) is 0 Å². The van der Waals surface area contributed by atoms with Crippen molar-refractivity contribution in [3.8, 4) is 6.07 Å². The topological polar surface area (TPSA) is 86.1 Å². The fraction of sp³-hybridized carbons (Fsp3) is 0.464. The summed E-state index contributed by atoms with van der Waals surface area (Å²) >= 11 is 0. The summed E-state index contributed by atoms with van der Waals surface area (Å²) in [5.41, 5.74) is 1.43. The van der Waals surface area contributed by atoms with E-state index in [1.165, 1.54) is 6.07 Å². The standard InChI is InChI=1S/C28H33FN4O4/c1-19-22(10-11-24(29)23(19)14-30)25-17-31-12-13-32(26(34)36-18-20-8-6-5-7-9-20)15-21(31)16-33(25)27(35)37-28(2,3)4/h5-11,21,25H,12-13,15-18H2,1-4H3. The van der Waals surface area contributed by atoms with Gasteiger partial charge in [-0.25, -0.2) is 14.0 Å². The van der Waals surface area contributed by atoms with Crippen LogP contribution in [0.5, 0.6) is 0 Å². The Morgan fingerprint density at radius 2 is 1.78 bits per heavy atom. The fourth-order valence-electron chi connectivity index (χ4n) is 4.94. The molecule has 9 heteroatoms. The lowest BCUT2D eigenvalue weighted by molar-refractivity contribution is -0.0364. The molecule has 0 bridgehead atoms. The molecule has 0 spiro atoms. The molecule has 37 heavy (non-hydrogen) atoms. The molecular formula is C28H33FN4O4. The van der Waals surface area contributed by atoms with E-state index in [9.17, 15) is 19.2 Å². The lowest BCUT2D eigenvalue weighted by Crippen LogP contribution is -2.64. The van der Waals surface area contributed by atoms with Crippen molar-refractivity contribution < 1.29 is 23.5 Å². The van der Waals surface area contributed by atoms with Gasteiger partial charge in [0.05, 0.1) is 11.6 Å². The summed E-state index contributed by atoms with van der Waals surface area (Å²) < 4.78 is 25.5. The number of amides is 2. The zero-order valence-electron chi connectivity index (χ0n) is 21.7. The van der Waals surface area contributed by atoms with Crippen LogP contribution in [-0.4, -0.2) is 71.3 Å². The smallest absolute Gasteiger partial charge is 0.410 e. The van der Waals surface area contributed by atoms with Crippen molar-refractivity contribution in [2.75, 3.05) is 32.7 Å². The summed E-state index contributed by atoms with van der Waals surface area (Å²) in [6.45, 7) is 9.62. The molecule has 8 nitrogen and oxygen atoms in total. The number of halogens is 1. The van der Waals surface area contributed by atoms with Crippen molar-refractivity contribution in [1.29, 1.82) is 5.26 Å². The van der Waals surface area contributed by atoms with Gasteiger partial charge in [-0.15, -0.1) is 0 Å². The molecule has 4 rings (SSSR count). The molecule has 2 aliphatic rings. The Kier molecular flexibility index (Phi) is 7.69. The molecule has 196 valence electrons. The van der Waals surface area contributed by atoms with Crippen molar-refractivity contribution in [3.05, 3.63) is 70.5 Å². The van der Waals surface area contributed by atoms with Gasteiger partial charge in [-0.2, -0.15) is 5.26 Å². The van der Waals surface area contributed by atoms with Crippen LogP contribution < -0.4 is 0 Å². The van der Waals surface area contributed by atoms with Crippen molar-refractivity contribution >= 4 is 12.2 Å². The molecule has 0 saturated carbocycles. The van der Waals surface area contributed by atoms with Crippen LogP contribution in [0.1, 0.15) is 49.1 Å². The number of fused-ring (bicyclic) bond motifs is 1. The van der Waals surface area contributed by atoms with E-state index in [0.717, 1.165) is 5.56 Å². The Hall–Kier alpha value is -3.64.